The number of nitrogens with one attached hydrogen (secondary N) is 1. The highest BCUT2D eigenvalue weighted by Crippen LogP contribution is 2.47. The molecule has 61 heavy (non-hydrogen) atoms. The largest absolute Gasteiger partial charge is 0.505 e. The van der Waals surface area contributed by atoms with E-state index in [4.69, 9.17) is 18.6 Å². The van der Waals surface area contributed by atoms with Crippen molar-refractivity contribution in [3.63, 3.8) is 0 Å². The van der Waals surface area contributed by atoms with Crippen LogP contribution in [0, 0.1) is 6.92 Å². The number of azo groups is 2. The van der Waals surface area contributed by atoms with Gasteiger partial charge >= 0.3 is 20.8 Å². The number of benzene rings is 4. The number of aryl methyl sites for hydroxylation is 1. The van der Waals surface area contributed by atoms with Crippen LogP contribution in [-0.2, 0) is 70.0 Å². The van der Waals surface area contributed by atoms with Gasteiger partial charge in [0, 0.05) is 15.7 Å². The molecule has 0 saturated heterocycles. The van der Waals surface area contributed by atoms with Crippen LogP contribution in [0.3, 0.4) is 0 Å². The molecule has 334 valence electrons. The zero-order valence-corrected chi connectivity index (χ0v) is 36.2. The lowest BCUT2D eigenvalue weighted by atomic mass is 10.1. The molecule has 0 fully saturated rings. The molecule has 0 saturated carbocycles. The maximum absolute atomic E-state index is 12.9. The Morgan fingerprint density at radius 3 is 1.85 bits per heavy atom. The fourth-order valence-electron chi connectivity index (χ4n) is 5.10. The number of hydrogen-bond donors (Lipinski definition) is 6. The molecule has 0 spiro atoms. The molecular formula is C30H33N5O20S6. The van der Waals surface area contributed by atoms with Crippen LogP contribution in [0.15, 0.2) is 83.7 Å². The number of fused-ring (bicyclic) bond motifs is 1. The number of rotatable bonds is 20. The Morgan fingerprint density at radius 2 is 1.28 bits per heavy atom. The average molecular weight is 976 g/mol. The number of anilines is 1. The second-order valence-electron chi connectivity index (χ2n) is 11.9. The van der Waals surface area contributed by atoms with Gasteiger partial charge in [-0.1, -0.05) is 0 Å². The molecule has 1 atom stereocenters. The first kappa shape index (κ1) is 48.9. The van der Waals surface area contributed by atoms with Crippen molar-refractivity contribution >= 4 is 101 Å². The van der Waals surface area contributed by atoms with Gasteiger partial charge in [0.05, 0.1) is 60.3 Å². The fraction of sp³-hybridized carbons (Fsp3) is 0.267. The molecule has 31 heteroatoms. The summed E-state index contributed by atoms with van der Waals surface area (Å²) in [5.74, 6) is -3.60. The predicted molar refractivity (Wildman–Crippen MR) is 213 cm³/mol. The number of sulfone groups is 1. The first-order valence-electron chi connectivity index (χ1n) is 16.2. The third kappa shape index (κ3) is 13.3. The third-order valence-electron chi connectivity index (χ3n) is 7.76. The van der Waals surface area contributed by atoms with Crippen molar-refractivity contribution in [2.75, 3.05) is 50.1 Å². The summed E-state index contributed by atoms with van der Waals surface area (Å²) in [6.45, 7) is -0.128. The van der Waals surface area contributed by atoms with Crippen LogP contribution in [0.2, 0.25) is 0 Å². The summed E-state index contributed by atoms with van der Waals surface area (Å²) in [6, 6.07) is 8.66. The molecular weight excluding hydrogens is 943 g/mol. The average Bonchev–Trinajstić information content (AvgIpc) is 3.13. The van der Waals surface area contributed by atoms with E-state index >= 15 is 0 Å². The Labute approximate surface area is 350 Å². The number of aromatic hydroxyl groups is 1. The normalized spacial score (nSPS) is 13.6. The van der Waals surface area contributed by atoms with Gasteiger partial charge in [-0.2, -0.15) is 33.7 Å². The number of phenols is 1. The maximum atomic E-state index is 12.9. The predicted octanol–water partition coefficient (Wildman–Crippen LogP) is 3.73. The van der Waals surface area contributed by atoms with Crippen molar-refractivity contribution in [3.05, 3.63) is 54.1 Å². The van der Waals surface area contributed by atoms with E-state index in [1.807, 2.05) is 0 Å². The number of methoxy groups -OCH3 is 2. The van der Waals surface area contributed by atoms with E-state index in [9.17, 15) is 60.5 Å². The Hall–Kier alpha value is -4.80. The van der Waals surface area contributed by atoms with Crippen LogP contribution in [0.4, 0.5) is 28.4 Å². The lowest BCUT2D eigenvalue weighted by Gasteiger charge is -2.14. The summed E-state index contributed by atoms with van der Waals surface area (Å²) in [6.07, 6.45) is 0. The zero-order chi connectivity index (χ0) is 45.7. The summed E-state index contributed by atoms with van der Waals surface area (Å²) in [7, 11) is -23.7. The van der Waals surface area contributed by atoms with Gasteiger partial charge in [-0.3, -0.25) is 22.4 Å². The van der Waals surface area contributed by atoms with Crippen molar-refractivity contribution in [1.29, 1.82) is 0 Å². The molecule has 4 rings (SSSR count). The van der Waals surface area contributed by atoms with Gasteiger partial charge in [-0.25, -0.2) is 16.8 Å². The van der Waals surface area contributed by atoms with Crippen LogP contribution >= 0.6 is 0 Å². The molecule has 0 aliphatic heterocycles. The molecule has 0 radical (unpaired) electrons. The van der Waals surface area contributed by atoms with Crippen LogP contribution in [0.5, 0.6) is 17.2 Å². The number of hydrogen-bond acceptors (Lipinski definition) is 21. The molecule has 1 unspecified atom stereocenters. The minimum atomic E-state index is -5.33. The number of nitrogens with zero attached hydrogens (tertiary/aromatic N) is 4. The van der Waals surface area contributed by atoms with Crippen LogP contribution < -0.4 is 14.8 Å². The standard InChI is InChI=1S/C30H33N5O20S6/c1-17-12-22(25(53-3)15-26(17)56(37)10-8-54-60(46,47)48)32-35-29-27(59(43,44)45)14-20-19(30(29)36)5-6-21(31-16-58(40,41)42)28(20)34-33-23-13-18(4-7-24(23)52-2)57(38,39)11-9-55-61(49,50)51/h4-7,12-15,31,36H,8-11,16H2,1-3H3,(H,40,41,42)(H,43,44,45)(H,46,47,48)(H,49,50,51). The van der Waals surface area contributed by atoms with Crippen molar-refractivity contribution in [1.82, 2.24) is 0 Å². The Kier molecular flexibility index (Phi) is 15.3. The number of ether oxygens (including phenoxy) is 2. The molecule has 0 amide bonds. The Bertz CT molecular complexity index is 3010. The molecule has 6 N–H and O–H groups in total. The third-order valence-corrected chi connectivity index (χ3v) is 13.2. The van der Waals surface area contributed by atoms with Gasteiger partial charge in [0.25, 0.3) is 20.2 Å². The van der Waals surface area contributed by atoms with Gasteiger partial charge in [0.2, 0.25) is 0 Å². The van der Waals surface area contributed by atoms with Crippen molar-refractivity contribution in [2.45, 2.75) is 21.6 Å². The van der Waals surface area contributed by atoms with Crippen molar-refractivity contribution < 1.29 is 87.5 Å². The van der Waals surface area contributed by atoms with Crippen LogP contribution in [0.25, 0.3) is 10.8 Å². The monoisotopic (exact) mass is 975 g/mol. The highest BCUT2D eigenvalue weighted by molar-refractivity contribution is 7.91. The molecule has 0 bridgehead atoms. The molecule has 4 aromatic carbocycles. The molecule has 0 aliphatic carbocycles. The smallest absolute Gasteiger partial charge is 0.397 e. The van der Waals surface area contributed by atoms with Gasteiger partial charge < -0.3 is 19.9 Å². The number of phenolic OH excluding ortho intramolecular Hbond substituents is 1. The lowest BCUT2D eigenvalue weighted by molar-refractivity contribution is 0.282. The minimum absolute atomic E-state index is 0.0990. The Morgan fingerprint density at radius 1 is 0.689 bits per heavy atom. The maximum Gasteiger partial charge on any atom is 0.397 e. The van der Waals surface area contributed by atoms with E-state index in [0.29, 0.717) is 0 Å². The second kappa shape index (κ2) is 19.1. The molecule has 25 nitrogen and oxygen atoms in total. The van der Waals surface area contributed by atoms with E-state index in [-0.39, 0.29) is 55.5 Å². The molecule has 0 aromatic heterocycles. The SMILES string of the molecule is COc1cc(S(=O)CCOS(=O)(=O)O)c(C)cc1N=Nc1c(S(=O)(=O)O)cc2c(N=Nc3cc(S(=O)(=O)CCOS(=O)(=O)O)ccc3OC)c(NCS(=O)(=O)O)ccc2c1O. The molecule has 4 aromatic rings. The van der Waals surface area contributed by atoms with Gasteiger partial charge in [0.15, 0.2) is 15.6 Å². The van der Waals surface area contributed by atoms with Crippen LogP contribution in [-0.4, -0.2) is 114 Å². The van der Waals surface area contributed by atoms with Crippen molar-refractivity contribution in [2.24, 2.45) is 20.5 Å². The first-order valence-corrected chi connectivity index (χ1v) is 24.9. The van der Waals surface area contributed by atoms with E-state index in [1.165, 1.54) is 33.3 Å². The van der Waals surface area contributed by atoms with Gasteiger partial charge in [-0.15, -0.1) is 20.5 Å². The topological polar surface area (TPSA) is 387 Å². The highest BCUT2D eigenvalue weighted by atomic mass is 32.3. The summed E-state index contributed by atoms with van der Waals surface area (Å²) < 4.78 is 187. The van der Waals surface area contributed by atoms with E-state index in [2.05, 4.69) is 34.1 Å². The Balaban J connectivity index is 1.89. The van der Waals surface area contributed by atoms with E-state index < -0.39 is 113 Å². The fourth-order valence-corrected chi connectivity index (χ4v) is 9.10. The van der Waals surface area contributed by atoms with E-state index in [1.54, 1.807) is 0 Å². The van der Waals surface area contributed by atoms with Crippen LogP contribution in [0.1, 0.15) is 5.56 Å². The quantitative estimate of drug-likeness (QED) is 0.0542. The zero-order valence-electron chi connectivity index (χ0n) is 31.3. The second-order valence-corrected chi connectivity index (χ2v) is 20.6. The summed E-state index contributed by atoms with van der Waals surface area (Å²) in [5, 5.41) is 29.0. The molecule has 0 heterocycles. The van der Waals surface area contributed by atoms with Crippen molar-refractivity contribution in [3.8, 4) is 17.2 Å². The van der Waals surface area contributed by atoms with E-state index in [0.717, 1.165) is 36.4 Å². The highest BCUT2D eigenvalue weighted by Gasteiger charge is 2.26. The summed E-state index contributed by atoms with van der Waals surface area (Å²) in [5.41, 5.74) is -1.76. The minimum Gasteiger partial charge on any atom is -0.505 e. The summed E-state index contributed by atoms with van der Waals surface area (Å²) >= 11 is 0. The first-order chi connectivity index (χ1) is 28.1. The molecule has 0 aliphatic rings. The lowest BCUT2D eigenvalue weighted by Crippen LogP contribution is -2.15. The van der Waals surface area contributed by atoms with Gasteiger partial charge in [0.1, 0.15) is 45.0 Å². The summed E-state index contributed by atoms with van der Waals surface area (Å²) in [4.78, 5) is -1.43. The van der Waals surface area contributed by atoms with Gasteiger partial charge in [-0.05, 0) is 61.0 Å².